The standard InChI is InChI=1S/C17H24ClNS/c18-16-10-14(17(12-19)7-2-1-3-8-17)4-5-15(16)13-6-9-20-11-13/h4-5,10,13H,1-3,6-9,11-12,19H2. The van der Waals surface area contributed by atoms with Crippen LogP contribution in [0.15, 0.2) is 18.2 Å². The Hall–Kier alpha value is -0.180. The van der Waals surface area contributed by atoms with E-state index < -0.39 is 0 Å². The summed E-state index contributed by atoms with van der Waals surface area (Å²) >= 11 is 8.64. The highest BCUT2D eigenvalue weighted by Crippen LogP contribution is 2.42. The van der Waals surface area contributed by atoms with E-state index in [-0.39, 0.29) is 5.41 Å². The van der Waals surface area contributed by atoms with E-state index in [1.807, 2.05) is 11.8 Å². The number of hydrogen-bond acceptors (Lipinski definition) is 2. The first kappa shape index (κ1) is 14.7. The molecule has 110 valence electrons. The van der Waals surface area contributed by atoms with Crippen molar-refractivity contribution >= 4 is 23.4 Å². The van der Waals surface area contributed by atoms with Crippen molar-refractivity contribution < 1.29 is 0 Å². The van der Waals surface area contributed by atoms with Gasteiger partial charge in [-0.1, -0.05) is 43.0 Å². The summed E-state index contributed by atoms with van der Waals surface area (Å²) in [6, 6.07) is 6.81. The first-order valence-electron chi connectivity index (χ1n) is 7.83. The van der Waals surface area contributed by atoms with Crippen LogP contribution >= 0.6 is 23.4 Å². The number of halogens is 1. The van der Waals surface area contributed by atoms with E-state index in [0.717, 1.165) is 11.6 Å². The van der Waals surface area contributed by atoms with Crippen LogP contribution in [-0.2, 0) is 5.41 Å². The lowest BCUT2D eigenvalue weighted by Crippen LogP contribution is -2.37. The van der Waals surface area contributed by atoms with Gasteiger partial charge in [0.1, 0.15) is 0 Å². The van der Waals surface area contributed by atoms with Crippen LogP contribution in [0.1, 0.15) is 55.6 Å². The molecule has 1 aromatic rings. The van der Waals surface area contributed by atoms with Gasteiger partial charge in [-0.2, -0.15) is 11.8 Å². The van der Waals surface area contributed by atoms with Crippen LogP contribution in [0.2, 0.25) is 5.02 Å². The van der Waals surface area contributed by atoms with E-state index >= 15 is 0 Å². The Morgan fingerprint density at radius 1 is 1.25 bits per heavy atom. The second-order valence-corrected chi connectivity index (χ2v) is 7.90. The molecule has 2 fully saturated rings. The maximum atomic E-state index is 6.60. The van der Waals surface area contributed by atoms with Crippen molar-refractivity contribution in [2.45, 2.75) is 49.9 Å². The van der Waals surface area contributed by atoms with Gasteiger partial charge in [-0.3, -0.25) is 0 Å². The minimum absolute atomic E-state index is 0.185. The fourth-order valence-electron chi connectivity index (χ4n) is 3.81. The molecular weight excluding hydrogens is 286 g/mol. The molecule has 0 amide bonds. The Morgan fingerprint density at radius 2 is 2.05 bits per heavy atom. The van der Waals surface area contributed by atoms with Gasteiger partial charge in [0, 0.05) is 22.7 Å². The molecule has 1 aromatic carbocycles. The quantitative estimate of drug-likeness (QED) is 0.874. The summed E-state index contributed by atoms with van der Waals surface area (Å²) in [5.74, 6) is 3.15. The maximum Gasteiger partial charge on any atom is 0.0444 e. The summed E-state index contributed by atoms with van der Waals surface area (Å²) in [6.07, 6.45) is 7.67. The van der Waals surface area contributed by atoms with Gasteiger partial charge in [-0.15, -0.1) is 0 Å². The number of nitrogens with two attached hydrogens (primary N) is 1. The van der Waals surface area contributed by atoms with Gasteiger partial charge in [0.25, 0.3) is 0 Å². The zero-order valence-electron chi connectivity index (χ0n) is 12.0. The number of rotatable bonds is 3. The van der Waals surface area contributed by atoms with Crippen LogP contribution in [-0.4, -0.2) is 18.1 Å². The topological polar surface area (TPSA) is 26.0 Å². The lowest BCUT2D eigenvalue weighted by molar-refractivity contribution is 0.301. The normalized spacial score (nSPS) is 25.8. The molecular formula is C17H24ClNS. The van der Waals surface area contributed by atoms with Crippen LogP contribution < -0.4 is 5.73 Å². The van der Waals surface area contributed by atoms with Crippen molar-refractivity contribution in [2.24, 2.45) is 5.73 Å². The Balaban J connectivity index is 1.88. The number of hydrogen-bond donors (Lipinski definition) is 1. The van der Waals surface area contributed by atoms with E-state index in [1.54, 1.807) is 0 Å². The Morgan fingerprint density at radius 3 is 2.65 bits per heavy atom. The summed E-state index contributed by atoms with van der Waals surface area (Å²) in [5, 5.41) is 0.966. The average molecular weight is 310 g/mol. The first-order valence-corrected chi connectivity index (χ1v) is 9.36. The maximum absolute atomic E-state index is 6.60. The Bertz CT molecular complexity index is 462. The van der Waals surface area contributed by atoms with Crippen molar-refractivity contribution in [1.29, 1.82) is 0 Å². The molecule has 0 radical (unpaired) electrons. The zero-order valence-corrected chi connectivity index (χ0v) is 13.6. The Labute approximate surface area is 131 Å². The van der Waals surface area contributed by atoms with Crippen molar-refractivity contribution in [3.63, 3.8) is 0 Å². The van der Waals surface area contributed by atoms with Gasteiger partial charge < -0.3 is 5.73 Å². The van der Waals surface area contributed by atoms with Crippen LogP contribution in [0.25, 0.3) is 0 Å². The smallest absolute Gasteiger partial charge is 0.0444 e. The molecule has 2 aliphatic rings. The van der Waals surface area contributed by atoms with Crippen LogP contribution in [0.5, 0.6) is 0 Å². The SMILES string of the molecule is NCC1(c2ccc(C3CCSC3)c(Cl)c2)CCCCC1. The van der Waals surface area contributed by atoms with E-state index in [4.69, 9.17) is 17.3 Å². The van der Waals surface area contributed by atoms with E-state index in [1.165, 1.54) is 61.2 Å². The number of thioether (sulfide) groups is 1. The lowest BCUT2D eigenvalue weighted by Gasteiger charge is -2.37. The zero-order chi connectivity index (χ0) is 14.0. The van der Waals surface area contributed by atoms with Crippen molar-refractivity contribution in [3.8, 4) is 0 Å². The summed E-state index contributed by atoms with van der Waals surface area (Å²) in [4.78, 5) is 0. The molecule has 1 saturated carbocycles. The highest BCUT2D eigenvalue weighted by molar-refractivity contribution is 7.99. The molecule has 1 unspecified atom stereocenters. The molecule has 1 aliphatic carbocycles. The van der Waals surface area contributed by atoms with Crippen molar-refractivity contribution in [3.05, 3.63) is 34.3 Å². The van der Waals surface area contributed by atoms with Gasteiger partial charge in [0.05, 0.1) is 0 Å². The van der Waals surface area contributed by atoms with Gasteiger partial charge in [-0.05, 0) is 48.1 Å². The predicted octanol–water partition coefficient (Wildman–Crippen LogP) is 4.72. The first-order chi connectivity index (χ1) is 9.75. The van der Waals surface area contributed by atoms with Crippen molar-refractivity contribution in [2.75, 3.05) is 18.1 Å². The summed E-state index contributed by atoms with van der Waals surface area (Å²) < 4.78 is 0. The van der Waals surface area contributed by atoms with Gasteiger partial charge in [0.15, 0.2) is 0 Å². The summed E-state index contributed by atoms with van der Waals surface area (Å²) in [6.45, 7) is 0.752. The van der Waals surface area contributed by atoms with E-state index in [9.17, 15) is 0 Å². The third-order valence-electron chi connectivity index (χ3n) is 5.18. The van der Waals surface area contributed by atoms with Crippen LogP contribution in [0, 0.1) is 0 Å². The highest BCUT2D eigenvalue weighted by Gasteiger charge is 2.33. The van der Waals surface area contributed by atoms with E-state index in [0.29, 0.717) is 5.92 Å². The van der Waals surface area contributed by atoms with Gasteiger partial charge in [-0.25, -0.2) is 0 Å². The van der Waals surface area contributed by atoms with Crippen molar-refractivity contribution in [1.82, 2.24) is 0 Å². The fraction of sp³-hybridized carbons (Fsp3) is 0.647. The summed E-state index contributed by atoms with van der Waals surface area (Å²) in [7, 11) is 0. The molecule has 0 bridgehead atoms. The third kappa shape index (κ3) is 2.75. The molecule has 0 aromatic heterocycles. The molecule has 1 aliphatic heterocycles. The lowest BCUT2D eigenvalue weighted by atomic mass is 9.69. The largest absolute Gasteiger partial charge is 0.330 e. The van der Waals surface area contributed by atoms with Crippen LogP contribution in [0.3, 0.4) is 0 Å². The molecule has 1 nitrogen and oxygen atoms in total. The molecule has 0 spiro atoms. The molecule has 3 rings (SSSR count). The minimum atomic E-state index is 0.185. The third-order valence-corrected chi connectivity index (χ3v) is 6.67. The monoisotopic (exact) mass is 309 g/mol. The van der Waals surface area contributed by atoms with Crippen LogP contribution in [0.4, 0.5) is 0 Å². The molecule has 20 heavy (non-hydrogen) atoms. The fourth-order valence-corrected chi connectivity index (χ4v) is 5.39. The highest BCUT2D eigenvalue weighted by atomic mass is 35.5. The average Bonchev–Trinajstić information content (AvgIpc) is 3.02. The van der Waals surface area contributed by atoms with E-state index in [2.05, 4.69) is 18.2 Å². The van der Waals surface area contributed by atoms with Gasteiger partial charge in [0.2, 0.25) is 0 Å². The second kappa shape index (κ2) is 6.29. The van der Waals surface area contributed by atoms with Gasteiger partial charge >= 0.3 is 0 Å². The molecule has 2 N–H and O–H groups in total. The predicted molar refractivity (Wildman–Crippen MR) is 90.0 cm³/mol. The Kier molecular flexibility index (Phi) is 4.64. The summed E-state index contributed by atoms with van der Waals surface area (Å²) in [5.41, 5.74) is 9.04. The number of benzene rings is 1. The molecule has 1 saturated heterocycles. The molecule has 1 atom stereocenters. The molecule has 3 heteroatoms. The minimum Gasteiger partial charge on any atom is -0.330 e. The second-order valence-electron chi connectivity index (χ2n) is 6.34. The molecule has 1 heterocycles.